The van der Waals surface area contributed by atoms with Crippen molar-refractivity contribution in [3.05, 3.63) is 72.4 Å². The van der Waals surface area contributed by atoms with Gasteiger partial charge in [0.1, 0.15) is 19.3 Å². The second-order valence-corrected chi connectivity index (χ2v) is 10.5. The topological polar surface area (TPSA) is 86.6 Å². The first-order valence-electron chi connectivity index (χ1n) is 13.6. The molecule has 208 valence electrons. The maximum absolute atomic E-state index is 12.7. The second kappa shape index (κ2) is 15.6. The molecule has 6 atom stereocenters. The summed E-state index contributed by atoms with van der Waals surface area (Å²) in [5, 5.41) is 15.1. The van der Waals surface area contributed by atoms with Crippen molar-refractivity contribution in [3.8, 4) is 0 Å². The van der Waals surface area contributed by atoms with Gasteiger partial charge >= 0.3 is 5.97 Å². The number of esters is 1. The summed E-state index contributed by atoms with van der Waals surface area (Å²) in [4.78, 5) is 17.7. The molecule has 3 rings (SSSR count). The highest BCUT2D eigenvalue weighted by Crippen LogP contribution is 2.25. The zero-order valence-corrected chi connectivity index (χ0v) is 23.0. The Kier molecular flexibility index (Phi) is 12.3. The van der Waals surface area contributed by atoms with Gasteiger partial charge in [0.25, 0.3) is 0 Å². The van der Waals surface area contributed by atoms with Crippen molar-refractivity contribution in [1.29, 1.82) is 0 Å². The van der Waals surface area contributed by atoms with Crippen LogP contribution in [0.15, 0.2) is 77.6 Å². The number of carbonyl (C=O) groups excluding carboxylic acids is 1. The summed E-state index contributed by atoms with van der Waals surface area (Å²) >= 11 is 0. The Hall–Kier alpha value is -2.74. The Morgan fingerprint density at radius 3 is 2.79 bits per heavy atom. The molecule has 1 N–H and O–H groups in total. The minimum atomic E-state index is -0.999. The standard InChI is InChI=1S/C31H43NO6/c1-22-16-17-36-27(20-22)14-15-29(33)30-12-5-8-25(32-35-4)19-23(2)18-24(3)21-28-11-6-9-26(37-28)10-7-13-31(34)38-30/h5-9,13-16,24,26-30,33H,2,10-12,17-21H2,1,3-4H3/t24-,26-,27+,28-,29-,30-/m0/s1. The van der Waals surface area contributed by atoms with Crippen LogP contribution in [0.25, 0.3) is 0 Å². The molecule has 2 bridgehead atoms. The first kappa shape index (κ1) is 29.8. The number of nitrogens with zero attached hydrogens (tertiary/aromatic N) is 1. The zero-order valence-electron chi connectivity index (χ0n) is 23.0. The van der Waals surface area contributed by atoms with Crippen molar-refractivity contribution in [1.82, 2.24) is 0 Å². The monoisotopic (exact) mass is 525 g/mol. The summed E-state index contributed by atoms with van der Waals surface area (Å²) in [5.74, 6) is -0.0932. The zero-order chi connectivity index (χ0) is 27.3. The van der Waals surface area contributed by atoms with Gasteiger partial charge in [-0.25, -0.2) is 4.79 Å². The van der Waals surface area contributed by atoms with Crippen LogP contribution in [0, 0.1) is 5.92 Å². The summed E-state index contributed by atoms with van der Waals surface area (Å²) in [5.41, 5.74) is 3.03. The molecule has 0 saturated carbocycles. The number of cyclic esters (lactones) is 1. The van der Waals surface area contributed by atoms with Crippen LogP contribution in [0.5, 0.6) is 0 Å². The Bertz CT molecular complexity index is 975. The maximum Gasteiger partial charge on any atom is 0.330 e. The minimum absolute atomic E-state index is 0.0761. The average Bonchev–Trinajstić information content (AvgIpc) is 2.86. The predicted molar refractivity (Wildman–Crippen MR) is 150 cm³/mol. The average molecular weight is 526 g/mol. The Morgan fingerprint density at radius 1 is 1.18 bits per heavy atom. The van der Waals surface area contributed by atoms with Gasteiger partial charge in [-0.2, -0.15) is 0 Å². The van der Waals surface area contributed by atoms with Gasteiger partial charge < -0.3 is 24.2 Å². The SMILES string of the molecule is C=C1CC(=NOC)C=CC[C@@H]([C@@H](O)C=C[C@@H]2CC(C)=CCO2)OC(=O)C=CC[C@@H]2C=CC[C@@H](C[C@@H](C)C1)O2. The van der Waals surface area contributed by atoms with Crippen LogP contribution < -0.4 is 0 Å². The lowest BCUT2D eigenvalue weighted by Gasteiger charge is -2.28. The van der Waals surface area contributed by atoms with Crippen LogP contribution >= 0.6 is 0 Å². The number of carbonyl (C=O) groups is 1. The molecule has 0 fully saturated rings. The van der Waals surface area contributed by atoms with E-state index in [0.29, 0.717) is 31.8 Å². The van der Waals surface area contributed by atoms with Crippen molar-refractivity contribution in [2.45, 2.75) is 89.3 Å². The molecule has 3 heterocycles. The molecule has 0 aromatic rings. The highest BCUT2D eigenvalue weighted by atomic mass is 16.6. The molecular formula is C31H43NO6. The third-order valence-electron chi connectivity index (χ3n) is 6.80. The maximum atomic E-state index is 12.7. The molecule has 7 heteroatoms. The van der Waals surface area contributed by atoms with Crippen molar-refractivity contribution in [2.24, 2.45) is 11.1 Å². The Morgan fingerprint density at radius 2 is 2.00 bits per heavy atom. The first-order chi connectivity index (χ1) is 18.3. The molecule has 38 heavy (non-hydrogen) atoms. The fourth-order valence-electron chi connectivity index (χ4n) is 4.95. The van der Waals surface area contributed by atoms with E-state index in [2.05, 4.69) is 31.7 Å². The largest absolute Gasteiger partial charge is 0.456 e. The van der Waals surface area contributed by atoms with Crippen molar-refractivity contribution < 1.29 is 28.9 Å². The van der Waals surface area contributed by atoms with E-state index >= 15 is 0 Å². The van der Waals surface area contributed by atoms with E-state index in [0.717, 1.165) is 37.0 Å². The summed E-state index contributed by atoms with van der Waals surface area (Å²) in [6, 6.07) is 0. The molecule has 3 aliphatic rings. The predicted octanol–water partition coefficient (Wildman–Crippen LogP) is 5.54. The van der Waals surface area contributed by atoms with Crippen molar-refractivity contribution in [2.75, 3.05) is 13.7 Å². The number of hydrogen-bond acceptors (Lipinski definition) is 7. The third-order valence-corrected chi connectivity index (χ3v) is 6.80. The Labute approximate surface area is 227 Å². The van der Waals surface area contributed by atoms with Gasteiger partial charge in [0.2, 0.25) is 0 Å². The van der Waals surface area contributed by atoms with Crippen LogP contribution in [-0.4, -0.2) is 61.0 Å². The molecular weight excluding hydrogens is 482 g/mol. The van der Waals surface area contributed by atoms with Crippen LogP contribution in [0.3, 0.4) is 0 Å². The van der Waals surface area contributed by atoms with Gasteiger partial charge in [-0.3, -0.25) is 0 Å². The van der Waals surface area contributed by atoms with Crippen LogP contribution in [-0.2, 0) is 23.8 Å². The van der Waals surface area contributed by atoms with E-state index in [-0.39, 0.29) is 18.3 Å². The lowest BCUT2D eigenvalue weighted by molar-refractivity contribution is -0.147. The number of ether oxygens (including phenoxy) is 3. The van der Waals surface area contributed by atoms with Crippen LogP contribution in [0.1, 0.15) is 58.8 Å². The second-order valence-electron chi connectivity index (χ2n) is 10.5. The fourth-order valence-corrected chi connectivity index (χ4v) is 4.95. The molecule has 3 aliphatic heterocycles. The number of allylic oxidation sites excluding steroid dienone is 2. The number of hydrogen-bond donors (Lipinski definition) is 1. The number of oxime groups is 1. The lowest BCUT2D eigenvalue weighted by Crippen LogP contribution is -2.30. The number of aliphatic hydroxyl groups is 1. The van der Waals surface area contributed by atoms with E-state index < -0.39 is 18.2 Å². The Balaban J connectivity index is 1.76. The van der Waals surface area contributed by atoms with Gasteiger partial charge in [0.15, 0.2) is 0 Å². The van der Waals surface area contributed by atoms with E-state index in [4.69, 9.17) is 19.0 Å². The van der Waals surface area contributed by atoms with Crippen LogP contribution in [0.4, 0.5) is 0 Å². The number of rotatable bonds is 4. The summed E-state index contributed by atoms with van der Waals surface area (Å²) in [6.07, 6.45) is 19.7. The van der Waals surface area contributed by atoms with Gasteiger partial charge in [-0.15, -0.1) is 0 Å². The molecule has 0 aliphatic carbocycles. The number of aliphatic hydroxyl groups excluding tert-OH is 1. The molecule has 0 aromatic heterocycles. The van der Waals surface area contributed by atoms with E-state index in [1.807, 2.05) is 30.4 Å². The summed E-state index contributed by atoms with van der Waals surface area (Å²) in [6.45, 7) is 9.10. The smallest absolute Gasteiger partial charge is 0.330 e. The molecule has 0 unspecified atom stereocenters. The molecule has 0 radical (unpaired) electrons. The van der Waals surface area contributed by atoms with Crippen LogP contribution in [0.2, 0.25) is 0 Å². The number of fused-ring (bicyclic) bond motifs is 2. The molecule has 0 aromatic carbocycles. The van der Waals surface area contributed by atoms with Gasteiger partial charge in [0.05, 0.1) is 30.6 Å². The van der Waals surface area contributed by atoms with Gasteiger partial charge in [-0.05, 0) is 51.0 Å². The van der Waals surface area contributed by atoms with E-state index in [1.54, 1.807) is 12.2 Å². The summed E-state index contributed by atoms with van der Waals surface area (Å²) in [7, 11) is 1.51. The van der Waals surface area contributed by atoms with E-state index in [9.17, 15) is 9.90 Å². The fraction of sp³-hybridized carbons (Fsp3) is 0.548. The lowest BCUT2D eigenvalue weighted by atomic mass is 9.91. The summed E-state index contributed by atoms with van der Waals surface area (Å²) < 4.78 is 17.6. The van der Waals surface area contributed by atoms with Crippen molar-refractivity contribution >= 4 is 11.7 Å². The highest BCUT2D eigenvalue weighted by Gasteiger charge is 2.23. The molecule has 0 saturated heterocycles. The molecule has 0 amide bonds. The van der Waals surface area contributed by atoms with Crippen molar-refractivity contribution in [3.63, 3.8) is 0 Å². The minimum Gasteiger partial charge on any atom is -0.456 e. The van der Waals surface area contributed by atoms with Gasteiger partial charge in [-0.1, -0.05) is 72.3 Å². The van der Waals surface area contributed by atoms with E-state index in [1.165, 1.54) is 18.8 Å². The molecule has 0 spiro atoms. The molecule has 7 nitrogen and oxygen atoms in total. The van der Waals surface area contributed by atoms with Gasteiger partial charge in [0, 0.05) is 18.9 Å². The highest BCUT2D eigenvalue weighted by molar-refractivity contribution is 5.96. The third kappa shape index (κ3) is 10.6. The quantitative estimate of drug-likeness (QED) is 0.295. The first-order valence-corrected chi connectivity index (χ1v) is 13.6. The normalized spacial score (nSPS) is 31.9.